The number of H-pyrrole nitrogens is 1. The zero-order chi connectivity index (χ0) is 12.1. The molecule has 4 rings (SSSR count). The Kier molecular flexibility index (Phi) is 1.84. The predicted octanol–water partition coefficient (Wildman–Crippen LogP) is 3.64. The van der Waals surface area contributed by atoms with Crippen LogP contribution in [0.25, 0.3) is 22.2 Å². The highest BCUT2D eigenvalue weighted by molar-refractivity contribution is 5.92. The average Bonchev–Trinajstić information content (AvgIpc) is 2.78. The standard InChI is InChI=1S/C16H13NO/c18-15-7-3-5-12-11(15)8-9-13-10-4-1-2-6-14(10)17-16(12)13/h1-7,17-18H,8-9H2. The average molecular weight is 235 g/mol. The minimum Gasteiger partial charge on any atom is -0.508 e. The van der Waals surface area contributed by atoms with Gasteiger partial charge in [0.15, 0.2) is 0 Å². The van der Waals surface area contributed by atoms with E-state index >= 15 is 0 Å². The number of para-hydroxylation sites is 1. The van der Waals surface area contributed by atoms with Gasteiger partial charge >= 0.3 is 0 Å². The molecule has 2 aromatic carbocycles. The highest BCUT2D eigenvalue weighted by Crippen LogP contribution is 2.40. The number of aromatic amines is 1. The molecule has 0 radical (unpaired) electrons. The number of benzene rings is 2. The van der Waals surface area contributed by atoms with Gasteiger partial charge in [0.2, 0.25) is 0 Å². The van der Waals surface area contributed by atoms with Crippen LogP contribution in [-0.4, -0.2) is 10.1 Å². The Bertz CT molecular complexity index is 755. The molecule has 0 atom stereocenters. The van der Waals surface area contributed by atoms with Gasteiger partial charge in [-0.2, -0.15) is 0 Å². The molecule has 2 heteroatoms. The van der Waals surface area contributed by atoms with E-state index in [9.17, 15) is 5.11 Å². The van der Waals surface area contributed by atoms with Crippen molar-refractivity contribution in [1.29, 1.82) is 0 Å². The van der Waals surface area contributed by atoms with Gasteiger partial charge in [-0.05, 0) is 30.5 Å². The van der Waals surface area contributed by atoms with Crippen molar-refractivity contribution >= 4 is 10.9 Å². The Balaban J connectivity index is 2.09. The van der Waals surface area contributed by atoms with Crippen molar-refractivity contribution in [3.8, 4) is 17.0 Å². The third kappa shape index (κ3) is 1.17. The van der Waals surface area contributed by atoms with E-state index in [1.54, 1.807) is 6.07 Å². The number of nitrogens with one attached hydrogen (secondary N) is 1. The summed E-state index contributed by atoms with van der Waals surface area (Å²) < 4.78 is 0. The second-order valence-corrected chi connectivity index (χ2v) is 4.83. The highest BCUT2D eigenvalue weighted by Gasteiger charge is 2.21. The van der Waals surface area contributed by atoms with Crippen LogP contribution in [-0.2, 0) is 12.8 Å². The number of aryl methyl sites for hydroxylation is 1. The van der Waals surface area contributed by atoms with Gasteiger partial charge in [0.1, 0.15) is 5.75 Å². The summed E-state index contributed by atoms with van der Waals surface area (Å²) in [5.41, 5.74) is 5.94. The van der Waals surface area contributed by atoms with Crippen LogP contribution >= 0.6 is 0 Å². The fourth-order valence-electron chi connectivity index (χ4n) is 3.01. The van der Waals surface area contributed by atoms with Crippen molar-refractivity contribution in [2.75, 3.05) is 0 Å². The van der Waals surface area contributed by atoms with Crippen LogP contribution in [0.1, 0.15) is 11.1 Å². The first-order valence-electron chi connectivity index (χ1n) is 6.25. The van der Waals surface area contributed by atoms with Crippen molar-refractivity contribution < 1.29 is 5.11 Å². The van der Waals surface area contributed by atoms with Gasteiger partial charge < -0.3 is 10.1 Å². The fraction of sp³-hybridized carbons (Fsp3) is 0.125. The Hall–Kier alpha value is -2.22. The second kappa shape index (κ2) is 3.39. The first kappa shape index (κ1) is 9.77. The van der Waals surface area contributed by atoms with E-state index in [1.165, 1.54) is 22.2 Å². The summed E-state index contributed by atoms with van der Waals surface area (Å²) in [4.78, 5) is 3.49. The number of aromatic hydroxyl groups is 1. The van der Waals surface area contributed by atoms with Crippen molar-refractivity contribution in [1.82, 2.24) is 4.98 Å². The summed E-state index contributed by atoms with van der Waals surface area (Å²) in [6, 6.07) is 14.2. The first-order chi connectivity index (χ1) is 8.84. The first-order valence-corrected chi connectivity index (χ1v) is 6.25. The number of aromatic nitrogens is 1. The molecular formula is C16H13NO. The van der Waals surface area contributed by atoms with E-state index in [0.717, 1.165) is 24.0 Å². The molecular weight excluding hydrogens is 222 g/mol. The molecule has 18 heavy (non-hydrogen) atoms. The summed E-state index contributed by atoms with van der Waals surface area (Å²) >= 11 is 0. The molecule has 1 heterocycles. The van der Waals surface area contributed by atoms with E-state index in [0.29, 0.717) is 5.75 Å². The molecule has 2 nitrogen and oxygen atoms in total. The zero-order valence-electron chi connectivity index (χ0n) is 9.90. The summed E-state index contributed by atoms with van der Waals surface area (Å²) in [7, 11) is 0. The predicted molar refractivity (Wildman–Crippen MR) is 72.8 cm³/mol. The van der Waals surface area contributed by atoms with Crippen molar-refractivity contribution in [3.63, 3.8) is 0 Å². The summed E-state index contributed by atoms with van der Waals surface area (Å²) in [5.74, 6) is 0.414. The molecule has 0 saturated carbocycles. The van der Waals surface area contributed by atoms with Crippen LogP contribution in [0.15, 0.2) is 42.5 Å². The maximum absolute atomic E-state index is 9.94. The SMILES string of the molecule is Oc1cccc2c1CCc1c-2[nH]c2ccccc12. The summed E-state index contributed by atoms with van der Waals surface area (Å²) in [6.45, 7) is 0. The van der Waals surface area contributed by atoms with Gasteiger partial charge in [-0.1, -0.05) is 30.3 Å². The molecule has 3 aromatic rings. The van der Waals surface area contributed by atoms with Gasteiger partial charge in [-0.15, -0.1) is 0 Å². The Labute approximate surface area is 105 Å². The Morgan fingerprint density at radius 2 is 1.72 bits per heavy atom. The zero-order valence-corrected chi connectivity index (χ0v) is 9.90. The van der Waals surface area contributed by atoms with Crippen LogP contribution in [0.4, 0.5) is 0 Å². The van der Waals surface area contributed by atoms with Gasteiger partial charge in [0.25, 0.3) is 0 Å². The van der Waals surface area contributed by atoms with E-state index in [4.69, 9.17) is 0 Å². The number of phenolic OH excluding ortho intramolecular Hbond substituents is 1. The number of rotatable bonds is 0. The molecule has 0 saturated heterocycles. The van der Waals surface area contributed by atoms with Crippen molar-refractivity contribution in [3.05, 3.63) is 53.6 Å². The van der Waals surface area contributed by atoms with E-state index in [-0.39, 0.29) is 0 Å². The molecule has 0 unspecified atom stereocenters. The molecule has 1 aliphatic rings. The number of hydrogen-bond acceptors (Lipinski definition) is 1. The monoisotopic (exact) mass is 235 g/mol. The third-order valence-corrected chi connectivity index (χ3v) is 3.86. The smallest absolute Gasteiger partial charge is 0.119 e. The lowest BCUT2D eigenvalue weighted by Crippen LogP contribution is -2.02. The van der Waals surface area contributed by atoms with E-state index in [2.05, 4.69) is 29.2 Å². The second-order valence-electron chi connectivity index (χ2n) is 4.83. The largest absolute Gasteiger partial charge is 0.508 e. The lowest BCUT2D eigenvalue weighted by atomic mass is 9.88. The molecule has 0 aliphatic heterocycles. The molecule has 0 bridgehead atoms. The molecule has 88 valence electrons. The van der Waals surface area contributed by atoms with Crippen molar-refractivity contribution in [2.24, 2.45) is 0 Å². The van der Waals surface area contributed by atoms with Gasteiger partial charge in [0, 0.05) is 22.0 Å². The number of phenols is 1. The Morgan fingerprint density at radius 1 is 0.889 bits per heavy atom. The fourth-order valence-corrected chi connectivity index (χ4v) is 3.01. The number of fused-ring (bicyclic) bond motifs is 5. The van der Waals surface area contributed by atoms with Crippen LogP contribution in [0.5, 0.6) is 5.75 Å². The maximum atomic E-state index is 9.94. The summed E-state index contributed by atoms with van der Waals surface area (Å²) in [6.07, 6.45) is 1.90. The van der Waals surface area contributed by atoms with E-state index in [1.807, 2.05) is 12.1 Å². The van der Waals surface area contributed by atoms with E-state index < -0.39 is 0 Å². The van der Waals surface area contributed by atoms with Crippen molar-refractivity contribution in [2.45, 2.75) is 12.8 Å². The maximum Gasteiger partial charge on any atom is 0.119 e. The third-order valence-electron chi connectivity index (χ3n) is 3.86. The topological polar surface area (TPSA) is 36.0 Å². The lowest BCUT2D eigenvalue weighted by Gasteiger charge is -2.17. The molecule has 0 fully saturated rings. The summed E-state index contributed by atoms with van der Waals surface area (Å²) in [5, 5.41) is 11.2. The number of hydrogen-bond donors (Lipinski definition) is 2. The van der Waals surface area contributed by atoms with Crippen LogP contribution in [0.3, 0.4) is 0 Å². The normalized spacial score (nSPS) is 13.3. The van der Waals surface area contributed by atoms with Gasteiger partial charge in [-0.3, -0.25) is 0 Å². The molecule has 1 aliphatic carbocycles. The minimum absolute atomic E-state index is 0.414. The van der Waals surface area contributed by atoms with Gasteiger partial charge in [-0.25, -0.2) is 0 Å². The van der Waals surface area contributed by atoms with Crippen LogP contribution in [0, 0.1) is 0 Å². The highest BCUT2D eigenvalue weighted by atomic mass is 16.3. The lowest BCUT2D eigenvalue weighted by molar-refractivity contribution is 0.468. The molecule has 0 spiro atoms. The molecule has 2 N–H and O–H groups in total. The molecule has 1 aromatic heterocycles. The van der Waals surface area contributed by atoms with Crippen LogP contribution in [0.2, 0.25) is 0 Å². The minimum atomic E-state index is 0.414. The quantitative estimate of drug-likeness (QED) is 0.613. The van der Waals surface area contributed by atoms with Gasteiger partial charge in [0.05, 0.1) is 5.69 Å². The molecule has 0 amide bonds. The van der Waals surface area contributed by atoms with Crippen LogP contribution < -0.4 is 0 Å². The Morgan fingerprint density at radius 3 is 2.67 bits per heavy atom.